The van der Waals surface area contributed by atoms with E-state index in [9.17, 15) is 4.79 Å². The zero-order valence-corrected chi connectivity index (χ0v) is 19.2. The Morgan fingerprint density at radius 2 is 1.57 bits per heavy atom. The molecular weight excluding hydrogens is 438 g/mol. The normalized spacial score (nSPS) is 12.5. The molecule has 0 radical (unpaired) electrons. The third-order valence-electron chi connectivity index (χ3n) is 6.26. The standard InChI is InChI=1S/C28H23N5O2/c1-35-24-15-11-19(12-16-24)25-7-4-8-26-30-28(31-33(25)26)29-23-13-9-20(10-14-23)27(34)32-17-21-5-2-3-6-22(21)18-32/h2-16H,17-18H2,1H3,(H,29,31). The highest BCUT2D eigenvalue weighted by molar-refractivity contribution is 5.95. The average molecular weight is 462 g/mol. The first-order valence-electron chi connectivity index (χ1n) is 11.4. The topological polar surface area (TPSA) is 71.8 Å². The third-order valence-corrected chi connectivity index (χ3v) is 6.26. The number of rotatable bonds is 5. The van der Waals surface area contributed by atoms with Crippen molar-refractivity contribution in [3.05, 3.63) is 108 Å². The molecule has 0 spiro atoms. The number of anilines is 2. The molecule has 1 N–H and O–H groups in total. The van der Waals surface area contributed by atoms with E-state index in [4.69, 9.17) is 4.74 Å². The molecule has 0 bridgehead atoms. The zero-order chi connectivity index (χ0) is 23.8. The molecule has 1 amide bonds. The van der Waals surface area contributed by atoms with E-state index in [0.29, 0.717) is 24.6 Å². The molecule has 7 nitrogen and oxygen atoms in total. The molecule has 7 heteroatoms. The first-order valence-corrected chi connectivity index (χ1v) is 11.4. The monoisotopic (exact) mass is 461 g/mol. The predicted octanol–water partition coefficient (Wildman–Crippen LogP) is 5.30. The maximum Gasteiger partial charge on any atom is 0.254 e. The van der Waals surface area contributed by atoms with E-state index < -0.39 is 0 Å². The molecule has 35 heavy (non-hydrogen) atoms. The molecule has 1 aliphatic rings. The van der Waals surface area contributed by atoms with Gasteiger partial charge in [0.05, 0.1) is 12.8 Å². The van der Waals surface area contributed by atoms with Gasteiger partial charge in [0.1, 0.15) is 5.75 Å². The van der Waals surface area contributed by atoms with Gasteiger partial charge < -0.3 is 15.0 Å². The molecule has 0 saturated carbocycles. The van der Waals surface area contributed by atoms with E-state index in [1.807, 2.05) is 88.3 Å². The van der Waals surface area contributed by atoms with Crippen molar-refractivity contribution in [1.29, 1.82) is 0 Å². The SMILES string of the molecule is COc1ccc(-c2cccc3nc(Nc4ccc(C(=O)N5Cc6ccccc6C5)cc4)nn23)cc1. The summed E-state index contributed by atoms with van der Waals surface area (Å²) in [6, 6.07) is 29.4. The Bertz CT molecular complexity index is 1500. The Labute approximate surface area is 202 Å². The fraction of sp³-hybridized carbons (Fsp3) is 0.107. The van der Waals surface area contributed by atoms with Crippen LogP contribution < -0.4 is 10.1 Å². The highest BCUT2D eigenvalue weighted by Crippen LogP contribution is 2.26. The van der Waals surface area contributed by atoms with Crippen molar-refractivity contribution in [2.45, 2.75) is 13.1 Å². The largest absolute Gasteiger partial charge is 0.497 e. The van der Waals surface area contributed by atoms with Crippen molar-refractivity contribution in [3.63, 3.8) is 0 Å². The summed E-state index contributed by atoms with van der Waals surface area (Å²) in [5.74, 6) is 1.32. The Hall–Kier alpha value is -4.65. The van der Waals surface area contributed by atoms with Crippen LogP contribution in [-0.2, 0) is 13.1 Å². The molecule has 3 aromatic carbocycles. The van der Waals surface area contributed by atoms with Gasteiger partial charge in [0.25, 0.3) is 5.91 Å². The van der Waals surface area contributed by atoms with Gasteiger partial charge in [0, 0.05) is 29.9 Å². The van der Waals surface area contributed by atoms with Crippen molar-refractivity contribution in [2.24, 2.45) is 0 Å². The summed E-state index contributed by atoms with van der Waals surface area (Å²) >= 11 is 0. The van der Waals surface area contributed by atoms with Crippen LogP contribution in [0.3, 0.4) is 0 Å². The first-order chi connectivity index (χ1) is 17.2. The number of pyridine rings is 1. The third kappa shape index (κ3) is 3.97. The highest BCUT2D eigenvalue weighted by atomic mass is 16.5. The van der Waals surface area contributed by atoms with E-state index in [2.05, 4.69) is 27.5 Å². The van der Waals surface area contributed by atoms with Crippen LogP contribution >= 0.6 is 0 Å². The minimum Gasteiger partial charge on any atom is -0.497 e. The van der Waals surface area contributed by atoms with Crippen LogP contribution in [0.4, 0.5) is 11.6 Å². The second-order valence-corrected chi connectivity index (χ2v) is 8.48. The van der Waals surface area contributed by atoms with Crippen LogP contribution in [0.15, 0.2) is 91.0 Å². The van der Waals surface area contributed by atoms with E-state index in [0.717, 1.165) is 28.3 Å². The molecule has 1 aliphatic heterocycles. The van der Waals surface area contributed by atoms with E-state index in [1.54, 1.807) is 7.11 Å². The number of ether oxygens (including phenoxy) is 1. The fourth-order valence-electron chi connectivity index (χ4n) is 4.42. The van der Waals surface area contributed by atoms with Gasteiger partial charge in [-0.2, -0.15) is 4.98 Å². The number of aromatic nitrogens is 3. The summed E-state index contributed by atoms with van der Waals surface area (Å²) in [5.41, 5.74) is 6.58. The molecule has 0 aliphatic carbocycles. The number of hydrogen-bond acceptors (Lipinski definition) is 5. The lowest BCUT2D eigenvalue weighted by atomic mass is 10.1. The number of hydrogen-bond donors (Lipinski definition) is 1. The Morgan fingerprint density at radius 1 is 0.857 bits per heavy atom. The van der Waals surface area contributed by atoms with Crippen LogP contribution in [0.25, 0.3) is 16.9 Å². The van der Waals surface area contributed by atoms with E-state index in [1.165, 1.54) is 11.1 Å². The van der Waals surface area contributed by atoms with E-state index >= 15 is 0 Å². The molecule has 6 rings (SSSR count). The first kappa shape index (κ1) is 20.9. The lowest BCUT2D eigenvalue weighted by Gasteiger charge is -2.15. The van der Waals surface area contributed by atoms with Crippen LogP contribution in [0, 0.1) is 0 Å². The number of benzene rings is 3. The fourth-order valence-corrected chi connectivity index (χ4v) is 4.42. The van der Waals surface area contributed by atoms with Gasteiger partial charge in [0.2, 0.25) is 5.95 Å². The predicted molar refractivity (Wildman–Crippen MR) is 135 cm³/mol. The Balaban J connectivity index is 1.20. The van der Waals surface area contributed by atoms with Crippen molar-refractivity contribution in [3.8, 4) is 17.0 Å². The maximum atomic E-state index is 13.0. The molecule has 3 heterocycles. The highest BCUT2D eigenvalue weighted by Gasteiger charge is 2.23. The summed E-state index contributed by atoms with van der Waals surface area (Å²) in [6.07, 6.45) is 0. The summed E-state index contributed by atoms with van der Waals surface area (Å²) < 4.78 is 7.07. The lowest BCUT2D eigenvalue weighted by molar-refractivity contribution is 0.0751. The zero-order valence-electron chi connectivity index (χ0n) is 19.2. The van der Waals surface area contributed by atoms with Crippen LogP contribution in [0.2, 0.25) is 0 Å². The van der Waals surface area contributed by atoms with Crippen molar-refractivity contribution in [1.82, 2.24) is 19.5 Å². The smallest absolute Gasteiger partial charge is 0.254 e. The molecule has 2 aromatic heterocycles. The van der Waals surface area contributed by atoms with Gasteiger partial charge >= 0.3 is 0 Å². The lowest BCUT2D eigenvalue weighted by Crippen LogP contribution is -2.25. The van der Waals surface area contributed by atoms with Crippen LogP contribution in [0.5, 0.6) is 5.75 Å². The number of nitrogens with zero attached hydrogens (tertiary/aromatic N) is 4. The molecule has 172 valence electrons. The molecule has 0 saturated heterocycles. The minimum atomic E-state index is 0.0303. The number of carbonyl (C=O) groups excluding carboxylic acids is 1. The van der Waals surface area contributed by atoms with Crippen LogP contribution in [0.1, 0.15) is 21.5 Å². The number of methoxy groups -OCH3 is 1. The maximum absolute atomic E-state index is 13.0. The molecule has 5 aromatic rings. The number of amides is 1. The average Bonchev–Trinajstić information content (AvgIpc) is 3.52. The van der Waals surface area contributed by atoms with E-state index in [-0.39, 0.29) is 5.91 Å². The summed E-state index contributed by atoms with van der Waals surface area (Å²) in [5, 5.41) is 7.91. The number of fused-ring (bicyclic) bond motifs is 2. The van der Waals surface area contributed by atoms with Gasteiger partial charge in [-0.1, -0.05) is 30.3 Å². The van der Waals surface area contributed by atoms with Gasteiger partial charge in [-0.3, -0.25) is 4.79 Å². The Kier molecular flexibility index (Phi) is 5.15. The molecule has 0 fully saturated rings. The summed E-state index contributed by atoms with van der Waals surface area (Å²) in [4.78, 5) is 19.5. The van der Waals surface area contributed by atoms with Gasteiger partial charge in [-0.05, 0) is 71.8 Å². The van der Waals surface area contributed by atoms with Crippen molar-refractivity contribution >= 4 is 23.2 Å². The van der Waals surface area contributed by atoms with Gasteiger partial charge in [-0.25, -0.2) is 4.52 Å². The quantitative estimate of drug-likeness (QED) is 0.384. The Morgan fingerprint density at radius 3 is 2.26 bits per heavy atom. The molecular formula is C28H23N5O2. The second-order valence-electron chi connectivity index (χ2n) is 8.48. The van der Waals surface area contributed by atoms with Crippen molar-refractivity contribution < 1.29 is 9.53 Å². The second kappa shape index (κ2) is 8.61. The number of nitrogens with one attached hydrogen (secondary N) is 1. The van der Waals surface area contributed by atoms with Gasteiger partial charge in [-0.15, -0.1) is 5.10 Å². The molecule has 0 unspecified atom stereocenters. The number of carbonyl (C=O) groups is 1. The van der Waals surface area contributed by atoms with Crippen molar-refractivity contribution in [2.75, 3.05) is 12.4 Å². The minimum absolute atomic E-state index is 0.0303. The summed E-state index contributed by atoms with van der Waals surface area (Å²) in [7, 11) is 1.65. The summed E-state index contributed by atoms with van der Waals surface area (Å²) in [6.45, 7) is 1.30. The van der Waals surface area contributed by atoms with Crippen LogP contribution in [-0.4, -0.2) is 32.5 Å². The van der Waals surface area contributed by atoms with Gasteiger partial charge in [0.15, 0.2) is 5.65 Å². The molecule has 0 atom stereocenters.